The minimum absolute atomic E-state index is 0.161. The molecule has 4 heteroatoms. The Hall–Kier alpha value is -2.49. The first-order valence-electron chi connectivity index (χ1n) is 7.50. The van der Waals surface area contributed by atoms with Gasteiger partial charge in [-0.3, -0.25) is 4.79 Å². The van der Waals surface area contributed by atoms with Crippen molar-refractivity contribution in [3.63, 3.8) is 0 Å². The van der Waals surface area contributed by atoms with Crippen molar-refractivity contribution in [2.75, 3.05) is 11.9 Å². The van der Waals surface area contributed by atoms with E-state index >= 15 is 0 Å². The molecule has 0 aliphatic carbocycles. The first-order valence-corrected chi connectivity index (χ1v) is 7.50. The number of hydrogen-bond donors (Lipinski definition) is 2. The van der Waals surface area contributed by atoms with Crippen molar-refractivity contribution in [3.8, 4) is 5.75 Å². The van der Waals surface area contributed by atoms with Gasteiger partial charge >= 0.3 is 5.97 Å². The molecule has 0 unspecified atom stereocenters. The fourth-order valence-electron chi connectivity index (χ4n) is 2.64. The number of benzene rings is 2. The molecule has 1 heterocycles. The van der Waals surface area contributed by atoms with E-state index in [0.717, 1.165) is 36.6 Å². The molecule has 0 fully saturated rings. The third-order valence-electron chi connectivity index (χ3n) is 3.81. The van der Waals surface area contributed by atoms with Gasteiger partial charge in [0, 0.05) is 25.1 Å². The molecule has 1 aliphatic heterocycles. The van der Waals surface area contributed by atoms with Gasteiger partial charge in [-0.15, -0.1) is 0 Å². The molecule has 2 aromatic rings. The fraction of sp³-hybridized carbons (Fsp3) is 0.278. The number of ether oxygens (including phenoxy) is 1. The van der Waals surface area contributed by atoms with Gasteiger partial charge in [-0.05, 0) is 41.3 Å². The number of hydrogen-bond acceptors (Lipinski definition) is 3. The normalized spacial score (nSPS) is 12.5. The van der Waals surface area contributed by atoms with Gasteiger partial charge in [0.2, 0.25) is 0 Å². The second-order valence-electron chi connectivity index (χ2n) is 5.49. The number of anilines is 1. The molecular weight excluding hydrogens is 278 g/mol. The number of rotatable bonds is 6. The molecule has 4 nitrogen and oxygen atoms in total. The van der Waals surface area contributed by atoms with E-state index in [1.807, 2.05) is 30.3 Å². The first kappa shape index (κ1) is 14.4. The molecule has 3 rings (SSSR count). The molecule has 0 aromatic heterocycles. The molecule has 0 radical (unpaired) electrons. The van der Waals surface area contributed by atoms with E-state index in [9.17, 15) is 4.79 Å². The molecule has 0 atom stereocenters. The Morgan fingerprint density at radius 1 is 1.18 bits per heavy atom. The van der Waals surface area contributed by atoms with Crippen molar-refractivity contribution in [1.29, 1.82) is 0 Å². The minimum Gasteiger partial charge on any atom is -0.493 e. The molecule has 2 N–H and O–H groups in total. The summed E-state index contributed by atoms with van der Waals surface area (Å²) in [6, 6.07) is 14.2. The summed E-state index contributed by atoms with van der Waals surface area (Å²) < 4.78 is 5.51. The third-order valence-corrected chi connectivity index (χ3v) is 3.81. The molecule has 2 aromatic carbocycles. The van der Waals surface area contributed by atoms with Crippen molar-refractivity contribution in [3.05, 3.63) is 59.2 Å². The summed E-state index contributed by atoms with van der Waals surface area (Å²) in [5.74, 6) is 0.234. The topological polar surface area (TPSA) is 58.6 Å². The maximum absolute atomic E-state index is 10.6. The number of aliphatic carboxylic acids is 1. The van der Waals surface area contributed by atoms with E-state index in [2.05, 4.69) is 17.4 Å². The molecule has 22 heavy (non-hydrogen) atoms. The van der Waals surface area contributed by atoms with Gasteiger partial charge in [-0.25, -0.2) is 0 Å². The van der Waals surface area contributed by atoms with Gasteiger partial charge in [0.25, 0.3) is 0 Å². The lowest BCUT2D eigenvalue weighted by molar-refractivity contribution is -0.136. The Bertz CT molecular complexity index is 682. The van der Waals surface area contributed by atoms with Crippen LogP contribution < -0.4 is 10.1 Å². The quantitative estimate of drug-likeness (QED) is 0.859. The van der Waals surface area contributed by atoms with Crippen LogP contribution in [0.4, 0.5) is 5.69 Å². The Morgan fingerprint density at radius 2 is 2.09 bits per heavy atom. The molecule has 1 aliphatic rings. The Morgan fingerprint density at radius 3 is 2.95 bits per heavy atom. The standard InChI is InChI=1S/C18H19NO3/c20-18(21)7-5-13-2-1-3-16(11-13)19-12-14-4-6-17-15(10-14)8-9-22-17/h1-4,6,10-11,19H,5,7-9,12H2,(H,20,21). The predicted molar refractivity (Wildman–Crippen MR) is 85.4 cm³/mol. The zero-order chi connectivity index (χ0) is 15.4. The smallest absolute Gasteiger partial charge is 0.303 e. The minimum atomic E-state index is -0.765. The number of carboxylic acid groups (broad SMARTS) is 1. The maximum Gasteiger partial charge on any atom is 0.303 e. The summed E-state index contributed by atoms with van der Waals surface area (Å²) in [7, 11) is 0. The molecular formula is C18H19NO3. The lowest BCUT2D eigenvalue weighted by Gasteiger charge is -2.09. The molecule has 114 valence electrons. The highest BCUT2D eigenvalue weighted by molar-refractivity contribution is 5.67. The molecule has 0 bridgehead atoms. The van der Waals surface area contributed by atoms with Gasteiger partial charge in [0.15, 0.2) is 0 Å². The van der Waals surface area contributed by atoms with Crippen molar-refractivity contribution in [2.45, 2.75) is 25.8 Å². The highest BCUT2D eigenvalue weighted by atomic mass is 16.5. The summed E-state index contributed by atoms with van der Waals surface area (Å²) in [5.41, 5.74) is 4.55. The Kier molecular flexibility index (Phi) is 4.28. The van der Waals surface area contributed by atoms with Crippen LogP contribution >= 0.6 is 0 Å². The third kappa shape index (κ3) is 3.58. The number of fused-ring (bicyclic) bond motifs is 1. The first-order chi connectivity index (χ1) is 10.7. The maximum atomic E-state index is 10.6. The summed E-state index contributed by atoms with van der Waals surface area (Å²) in [6.45, 7) is 1.52. The number of carboxylic acids is 1. The monoisotopic (exact) mass is 297 g/mol. The van der Waals surface area contributed by atoms with Gasteiger partial charge < -0.3 is 15.2 Å². The average molecular weight is 297 g/mol. The van der Waals surface area contributed by atoms with Gasteiger partial charge in [0.05, 0.1) is 6.61 Å². The Labute approximate surface area is 129 Å². The second-order valence-corrected chi connectivity index (χ2v) is 5.49. The highest BCUT2D eigenvalue weighted by Gasteiger charge is 2.11. The number of aryl methyl sites for hydroxylation is 1. The largest absolute Gasteiger partial charge is 0.493 e. The van der Waals surface area contributed by atoms with Crippen LogP contribution in [-0.2, 0) is 24.2 Å². The average Bonchev–Trinajstić information content (AvgIpc) is 2.99. The molecule has 0 spiro atoms. The summed E-state index contributed by atoms with van der Waals surface area (Å²) >= 11 is 0. The Balaban J connectivity index is 1.61. The van der Waals surface area contributed by atoms with Gasteiger partial charge in [-0.2, -0.15) is 0 Å². The SMILES string of the molecule is O=C(O)CCc1cccc(NCc2ccc3c(c2)CCO3)c1. The predicted octanol–water partition coefficient (Wildman–Crippen LogP) is 3.25. The van der Waals surface area contributed by atoms with Crippen LogP contribution in [0.25, 0.3) is 0 Å². The van der Waals surface area contributed by atoms with Gasteiger partial charge in [0.1, 0.15) is 5.75 Å². The van der Waals surface area contributed by atoms with Crippen molar-refractivity contribution in [1.82, 2.24) is 0 Å². The highest BCUT2D eigenvalue weighted by Crippen LogP contribution is 2.26. The van der Waals surface area contributed by atoms with Crippen LogP contribution in [0.15, 0.2) is 42.5 Å². The molecule has 0 amide bonds. The van der Waals surface area contributed by atoms with Crippen molar-refractivity contribution in [2.24, 2.45) is 0 Å². The van der Waals surface area contributed by atoms with E-state index < -0.39 is 5.97 Å². The number of nitrogens with one attached hydrogen (secondary N) is 1. The molecule has 0 saturated carbocycles. The van der Waals surface area contributed by atoms with Crippen LogP contribution in [0.1, 0.15) is 23.1 Å². The van der Waals surface area contributed by atoms with Crippen molar-refractivity contribution >= 4 is 11.7 Å². The van der Waals surface area contributed by atoms with Gasteiger partial charge in [-0.1, -0.05) is 24.3 Å². The summed E-state index contributed by atoms with van der Waals surface area (Å²) in [6.07, 6.45) is 1.70. The summed E-state index contributed by atoms with van der Waals surface area (Å²) in [5, 5.41) is 12.1. The number of carbonyl (C=O) groups is 1. The summed E-state index contributed by atoms with van der Waals surface area (Å²) in [4.78, 5) is 10.6. The van der Waals surface area contributed by atoms with E-state index in [0.29, 0.717) is 6.42 Å². The van der Waals surface area contributed by atoms with E-state index in [1.165, 1.54) is 11.1 Å². The van der Waals surface area contributed by atoms with Crippen LogP contribution in [0, 0.1) is 0 Å². The molecule has 0 saturated heterocycles. The van der Waals surface area contributed by atoms with Crippen LogP contribution in [0.3, 0.4) is 0 Å². The fourth-order valence-corrected chi connectivity index (χ4v) is 2.64. The van der Waals surface area contributed by atoms with E-state index in [-0.39, 0.29) is 6.42 Å². The zero-order valence-corrected chi connectivity index (χ0v) is 12.3. The lowest BCUT2D eigenvalue weighted by Crippen LogP contribution is -2.01. The van der Waals surface area contributed by atoms with Crippen LogP contribution in [0.5, 0.6) is 5.75 Å². The second kappa shape index (κ2) is 6.52. The van der Waals surface area contributed by atoms with E-state index in [1.54, 1.807) is 0 Å². The van der Waals surface area contributed by atoms with Crippen molar-refractivity contribution < 1.29 is 14.6 Å². The van der Waals surface area contributed by atoms with Crippen LogP contribution in [-0.4, -0.2) is 17.7 Å². The zero-order valence-electron chi connectivity index (χ0n) is 12.3. The van der Waals surface area contributed by atoms with E-state index in [4.69, 9.17) is 9.84 Å². The van der Waals surface area contributed by atoms with Crippen LogP contribution in [0.2, 0.25) is 0 Å². The lowest BCUT2D eigenvalue weighted by atomic mass is 10.1.